The number of piperidine rings is 1. The Labute approximate surface area is 161 Å². The molecule has 3 rings (SSSR count). The van der Waals surface area contributed by atoms with Gasteiger partial charge in [-0.15, -0.1) is 0 Å². The Morgan fingerprint density at radius 1 is 1.30 bits per heavy atom. The Kier molecular flexibility index (Phi) is 6.51. The summed E-state index contributed by atoms with van der Waals surface area (Å²) in [4.78, 5) is 7.07. The van der Waals surface area contributed by atoms with Gasteiger partial charge in [0.1, 0.15) is 11.6 Å². The van der Waals surface area contributed by atoms with Crippen LogP contribution in [0, 0.1) is 5.92 Å². The lowest BCUT2D eigenvalue weighted by Gasteiger charge is -2.32. The number of aromatic nitrogens is 2. The van der Waals surface area contributed by atoms with Gasteiger partial charge in [0.15, 0.2) is 0 Å². The topological polar surface area (TPSA) is 76.5 Å². The van der Waals surface area contributed by atoms with Gasteiger partial charge in [0, 0.05) is 32.0 Å². The van der Waals surface area contributed by atoms with Gasteiger partial charge in [0.05, 0.1) is 18.6 Å². The molecule has 0 amide bonds. The van der Waals surface area contributed by atoms with E-state index in [0.29, 0.717) is 18.2 Å². The normalized spacial score (nSPS) is 18.5. The van der Waals surface area contributed by atoms with Gasteiger partial charge in [-0.25, -0.2) is 18.1 Å². The van der Waals surface area contributed by atoms with Gasteiger partial charge in [-0.05, 0) is 56.5 Å². The first-order valence-corrected chi connectivity index (χ1v) is 10.9. The van der Waals surface area contributed by atoms with Crippen LogP contribution in [-0.4, -0.2) is 49.6 Å². The number of aryl methyl sites for hydroxylation is 1. The van der Waals surface area contributed by atoms with E-state index < -0.39 is 10.0 Å². The number of hydrogen-bond donors (Lipinski definition) is 1. The van der Waals surface area contributed by atoms with E-state index >= 15 is 0 Å². The molecule has 2 aromatic rings. The zero-order chi connectivity index (χ0) is 19.3. The minimum atomic E-state index is -3.50. The van der Waals surface area contributed by atoms with Crippen molar-refractivity contribution in [3.63, 3.8) is 0 Å². The maximum atomic E-state index is 12.5. The number of benzene rings is 1. The van der Waals surface area contributed by atoms with E-state index in [1.54, 1.807) is 31.4 Å². The van der Waals surface area contributed by atoms with Gasteiger partial charge < -0.3 is 9.30 Å². The quantitative estimate of drug-likeness (QED) is 0.745. The average molecular weight is 393 g/mol. The summed E-state index contributed by atoms with van der Waals surface area (Å²) in [6, 6.07) is 6.46. The molecule has 0 aliphatic carbocycles. The Hall–Kier alpha value is -1.90. The molecule has 1 saturated heterocycles. The lowest BCUT2D eigenvalue weighted by molar-refractivity contribution is 0.163. The third-order valence-electron chi connectivity index (χ3n) is 5.04. The van der Waals surface area contributed by atoms with Gasteiger partial charge in [0.2, 0.25) is 10.0 Å². The van der Waals surface area contributed by atoms with Crippen LogP contribution in [0.2, 0.25) is 0 Å². The maximum absolute atomic E-state index is 12.5. The highest BCUT2D eigenvalue weighted by molar-refractivity contribution is 7.89. The fraction of sp³-hybridized carbons (Fsp3) is 0.526. The Balaban J connectivity index is 1.55. The van der Waals surface area contributed by atoms with Crippen LogP contribution in [0.1, 0.15) is 25.6 Å². The molecule has 1 aromatic carbocycles. The molecule has 2 heterocycles. The van der Waals surface area contributed by atoms with Crippen molar-refractivity contribution in [3.05, 3.63) is 42.5 Å². The highest BCUT2D eigenvalue weighted by atomic mass is 32.2. The predicted octanol–water partition coefficient (Wildman–Crippen LogP) is 2.10. The van der Waals surface area contributed by atoms with Crippen LogP contribution >= 0.6 is 0 Å². The second-order valence-corrected chi connectivity index (χ2v) is 8.67. The van der Waals surface area contributed by atoms with Crippen molar-refractivity contribution in [1.29, 1.82) is 0 Å². The zero-order valence-corrected chi connectivity index (χ0v) is 16.8. The van der Waals surface area contributed by atoms with E-state index in [9.17, 15) is 8.42 Å². The van der Waals surface area contributed by atoms with E-state index in [0.717, 1.165) is 44.8 Å². The van der Waals surface area contributed by atoms with Gasteiger partial charge >= 0.3 is 0 Å². The maximum Gasteiger partial charge on any atom is 0.240 e. The third-order valence-corrected chi connectivity index (χ3v) is 6.48. The molecule has 1 aromatic heterocycles. The molecule has 7 nitrogen and oxygen atoms in total. The number of methoxy groups -OCH3 is 1. The van der Waals surface area contributed by atoms with Crippen LogP contribution in [0.3, 0.4) is 0 Å². The van der Waals surface area contributed by atoms with Crippen molar-refractivity contribution in [2.24, 2.45) is 5.92 Å². The Bertz CT molecular complexity index is 833. The van der Waals surface area contributed by atoms with Crippen molar-refractivity contribution in [2.45, 2.75) is 37.8 Å². The molecule has 1 aliphatic heterocycles. The van der Waals surface area contributed by atoms with Crippen LogP contribution in [0.15, 0.2) is 41.6 Å². The molecule has 1 aliphatic rings. The van der Waals surface area contributed by atoms with Gasteiger partial charge in [-0.3, -0.25) is 4.90 Å². The monoisotopic (exact) mass is 392 g/mol. The number of nitrogens with zero attached hydrogens (tertiary/aromatic N) is 3. The predicted molar refractivity (Wildman–Crippen MR) is 104 cm³/mol. The summed E-state index contributed by atoms with van der Waals surface area (Å²) in [6.45, 7) is 6.18. The fourth-order valence-corrected chi connectivity index (χ4v) is 4.62. The lowest BCUT2D eigenvalue weighted by Crippen LogP contribution is -2.40. The smallest absolute Gasteiger partial charge is 0.240 e. The second kappa shape index (κ2) is 8.86. The summed E-state index contributed by atoms with van der Waals surface area (Å²) < 4.78 is 35.0. The van der Waals surface area contributed by atoms with Gasteiger partial charge in [-0.1, -0.05) is 0 Å². The van der Waals surface area contributed by atoms with Crippen LogP contribution < -0.4 is 9.46 Å². The molecule has 0 saturated carbocycles. The minimum absolute atomic E-state index is 0.265. The SMILES string of the molecule is CCn1ccnc1CN1CCCC(CNS(=O)(=O)c2ccc(OC)cc2)C1. The summed E-state index contributed by atoms with van der Waals surface area (Å²) in [5.41, 5.74) is 0. The number of nitrogens with one attached hydrogen (secondary N) is 1. The number of hydrogen-bond acceptors (Lipinski definition) is 5. The van der Waals surface area contributed by atoms with Crippen LogP contribution in [0.4, 0.5) is 0 Å². The largest absolute Gasteiger partial charge is 0.497 e. The van der Waals surface area contributed by atoms with E-state index in [2.05, 4.69) is 26.1 Å². The van der Waals surface area contributed by atoms with Gasteiger partial charge in [-0.2, -0.15) is 0 Å². The van der Waals surface area contributed by atoms with E-state index in [4.69, 9.17) is 4.74 Å². The average Bonchev–Trinajstić information content (AvgIpc) is 3.14. The van der Waals surface area contributed by atoms with Crippen molar-refractivity contribution >= 4 is 10.0 Å². The number of likely N-dealkylation sites (tertiary alicyclic amines) is 1. The molecule has 1 atom stereocenters. The summed E-state index contributed by atoms with van der Waals surface area (Å²) in [5.74, 6) is 2.01. The summed E-state index contributed by atoms with van der Waals surface area (Å²) in [7, 11) is -1.94. The van der Waals surface area contributed by atoms with Crippen LogP contribution in [0.5, 0.6) is 5.75 Å². The van der Waals surface area contributed by atoms with Crippen molar-refractivity contribution in [3.8, 4) is 5.75 Å². The van der Waals surface area contributed by atoms with Crippen LogP contribution in [0.25, 0.3) is 0 Å². The molecular formula is C19H28N4O3S. The van der Waals surface area contributed by atoms with Crippen molar-refractivity contribution in [1.82, 2.24) is 19.2 Å². The van der Waals surface area contributed by atoms with E-state index in [1.807, 2.05) is 12.4 Å². The molecule has 27 heavy (non-hydrogen) atoms. The van der Waals surface area contributed by atoms with Crippen LogP contribution in [-0.2, 0) is 23.1 Å². The van der Waals surface area contributed by atoms with Crippen molar-refractivity contribution in [2.75, 3.05) is 26.7 Å². The minimum Gasteiger partial charge on any atom is -0.497 e. The summed E-state index contributed by atoms with van der Waals surface area (Å²) >= 11 is 0. The molecule has 1 fully saturated rings. The number of rotatable bonds is 8. The number of ether oxygens (including phenoxy) is 1. The zero-order valence-electron chi connectivity index (χ0n) is 16.0. The van der Waals surface area contributed by atoms with E-state index in [-0.39, 0.29) is 4.90 Å². The summed E-state index contributed by atoms with van der Waals surface area (Å²) in [5, 5.41) is 0. The Morgan fingerprint density at radius 2 is 2.07 bits per heavy atom. The summed E-state index contributed by atoms with van der Waals surface area (Å²) in [6.07, 6.45) is 5.94. The molecule has 1 unspecified atom stereocenters. The van der Waals surface area contributed by atoms with E-state index in [1.165, 1.54) is 0 Å². The third kappa shape index (κ3) is 5.09. The highest BCUT2D eigenvalue weighted by Gasteiger charge is 2.23. The number of sulfonamides is 1. The molecule has 0 spiro atoms. The first-order chi connectivity index (χ1) is 13.0. The first kappa shape index (κ1) is 19.9. The molecule has 148 valence electrons. The number of imidazole rings is 1. The molecule has 8 heteroatoms. The van der Waals surface area contributed by atoms with Crippen molar-refractivity contribution < 1.29 is 13.2 Å². The molecule has 0 bridgehead atoms. The Morgan fingerprint density at radius 3 is 2.78 bits per heavy atom. The standard InChI is InChI=1S/C19H28N4O3S/c1-3-23-12-10-20-19(23)15-22-11-4-5-16(14-22)13-21-27(24,25)18-8-6-17(26-2)7-9-18/h6-10,12,16,21H,3-5,11,13-15H2,1-2H3. The van der Waals surface area contributed by atoms with Gasteiger partial charge in [0.25, 0.3) is 0 Å². The molecular weight excluding hydrogens is 364 g/mol. The second-order valence-electron chi connectivity index (χ2n) is 6.90. The first-order valence-electron chi connectivity index (χ1n) is 9.38. The fourth-order valence-electron chi connectivity index (χ4n) is 3.51. The highest BCUT2D eigenvalue weighted by Crippen LogP contribution is 2.19. The molecule has 1 N–H and O–H groups in total. The lowest BCUT2D eigenvalue weighted by atomic mass is 9.98. The molecule has 0 radical (unpaired) electrons.